The molecule has 0 saturated heterocycles. The van der Waals surface area contributed by atoms with Gasteiger partial charge in [-0.3, -0.25) is 23.5 Å². The van der Waals surface area contributed by atoms with Crippen LogP contribution >= 0.6 is 0 Å². The summed E-state index contributed by atoms with van der Waals surface area (Å²) >= 11 is 0. The zero-order chi connectivity index (χ0) is 20.1. The van der Waals surface area contributed by atoms with Gasteiger partial charge in [-0.15, -0.1) is 0 Å². The van der Waals surface area contributed by atoms with E-state index in [4.69, 9.17) is 4.74 Å². The molecule has 0 aliphatic heterocycles. The summed E-state index contributed by atoms with van der Waals surface area (Å²) in [5.74, 6) is -0.739. The molecule has 0 spiro atoms. The summed E-state index contributed by atoms with van der Waals surface area (Å²) in [6.07, 6.45) is -0.103. The van der Waals surface area contributed by atoms with Crippen molar-refractivity contribution in [2.24, 2.45) is 0 Å². The summed E-state index contributed by atoms with van der Waals surface area (Å²) in [4.78, 5) is 50.0. The highest BCUT2D eigenvalue weighted by Crippen LogP contribution is 2.10. The second-order valence-corrected chi connectivity index (χ2v) is 6.19. The van der Waals surface area contributed by atoms with Gasteiger partial charge < -0.3 is 4.74 Å². The number of hydrogen-bond acceptors (Lipinski definition) is 5. The number of hydrogen-bond donors (Lipinski definition) is 0. The first-order valence-electron chi connectivity index (χ1n) is 8.99. The average Bonchev–Trinajstić information content (AvgIpc) is 2.71. The van der Waals surface area contributed by atoms with Gasteiger partial charge >= 0.3 is 11.7 Å². The van der Waals surface area contributed by atoms with Gasteiger partial charge in [0, 0.05) is 12.1 Å². The standard InChI is InChI=1S/C21H20N2O5/c1-2-28-19(25)12-13-22-20(26)16-10-6-7-11-17(16)23(21(22)27)14-18(24)15-8-4-3-5-9-15/h3-11H,2,12-14H2,1H3. The molecule has 0 atom stereocenters. The van der Waals surface area contributed by atoms with Crippen LogP contribution in [0.3, 0.4) is 0 Å². The van der Waals surface area contributed by atoms with Gasteiger partial charge in [0.25, 0.3) is 5.56 Å². The number of Topliss-reactive ketones (excluding diaryl/α,β-unsaturated/α-hetero) is 1. The minimum absolute atomic E-state index is 0.103. The van der Waals surface area contributed by atoms with Crippen molar-refractivity contribution in [3.63, 3.8) is 0 Å². The fraction of sp³-hybridized carbons (Fsp3) is 0.238. The topological polar surface area (TPSA) is 87.4 Å². The lowest BCUT2D eigenvalue weighted by atomic mass is 10.1. The van der Waals surface area contributed by atoms with E-state index in [9.17, 15) is 19.2 Å². The number of benzene rings is 2. The largest absolute Gasteiger partial charge is 0.466 e. The number of ketones is 1. The molecule has 0 bridgehead atoms. The fourth-order valence-corrected chi connectivity index (χ4v) is 3.02. The summed E-state index contributed by atoms with van der Waals surface area (Å²) in [5, 5.41) is 0.312. The van der Waals surface area contributed by atoms with E-state index in [2.05, 4.69) is 0 Å². The van der Waals surface area contributed by atoms with Crippen LogP contribution in [0.2, 0.25) is 0 Å². The Hall–Kier alpha value is -3.48. The third-order valence-corrected chi connectivity index (χ3v) is 4.37. The zero-order valence-electron chi connectivity index (χ0n) is 15.5. The predicted octanol–water partition coefficient (Wildman–Crippen LogP) is 2.00. The van der Waals surface area contributed by atoms with Gasteiger partial charge in [0.05, 0.1) is 30.5 Å². The maximum atomic E-state index is 13.0. The normalized spacial score (nSPS) is 10.8. The Morgan fingerprint density at radius 1 is 0.929 bits per heavy atom. The highest BCUT2D eigenvalue weighted by atomic mass is 16.5. The van der Waals surface area contributed by atoms with Crippen LogP contribution in [0.5, 0.6) is 0 Å². The lowest BCUT2D eigenvalue weighted by Crippen LogP contribution is -2.41. The third-order valence-electron chi connectivity index (χ3n) is 4.37. The highest BCUT2D eigenvalue weighted by Gasteiger charge is 2.16. The van der Waals surface area contributed by atoms with E-state index in [0.717, 1.165) is 4.57 Å². The number of carbonyl (C=O) groups is 2. The maximum absolute atomic E-state index is 13.0. The van der Waals surface area contributed by atoms with Crippen molar-refractivity contribution in [3.05, 3.63) is 81.0 Å². The van der Waals surface area contributed by atoms with E-state index >= 15 is 0 Å². The van der Waals surface area contributed by atoms with Crippen LogP contribution in [0.1, 0.15) is 23.7 Å². The molecule has 0 saturated carbocycles. The quantitative estimate of drug-likeness (QED) is 0.462. The highest BCUT2D eigenvalue weighted by molar-refractivity contribution is 5.96. The minimum atomic E-state index is -0.628. The summed E-state index contributed by atoms with van der Waals surface area (Å²) in [6, 6.07) is 15.3. The van der Waals surface area contributed by atoms with Crippen molar-refractivity contribution in [2.45, 2.75) is 26.4 Å². The van der Waals surface area contributed by atoms with Crippen LogP contribution in [0, 0.1) is 0 Å². The Labute approximate surface area is 160 Å². The predicted molar refractivity (Wildman–Crippen MR) is 104 cm³/mol. The van der Waals surface area contributed by atoms with Crippen LogP contribution in [-0.4, -0.2) is 27.5 Å². The van der Waals surface area contributed by atoms with Crippen LogP contribution < -0.4 is 11.2 Å². The summed E-state index contributed by atoms with van der Waals surface area (Å²) < 4.78 is 7.12. The molecule has 0 fully saturated rings. The Balaban J connectivity index is 2.06. The minimum Gasteiger partial charge on any atom is -0.466 e. The first kappa shape index (κ1) is 19.3. The smallest absolute Gasteiger partial charge is 0.331 e. The molecule has 0 radical (unpaired) electrons. The van der Waals surface area contributed by atoms with Crippen molar-refractivity contribution in [1.29, 1.82) is 0 Å². The van der Waals surface area contributed by atoms with Crippen LogP contribution in [0.25, 0.3) is 10.9 Å². The first-order chi connectivity index (χ1) is 13.5. The number of para-hydroxylation sites is 1. The molecule has 0 N–H and O–H groups in total. The molecule has 7 heteroatoms. The molecular formula is C21H20N2O5. The molecule has 28 heavy (non-hydrogen) atoms. The van der Waals surface area contributed by atoms with Crippen molar-refractivity contribution in [1.82, 2.24) is 9.13 Å². The molecule has 1 heterocycles. The van der Waals surface area contributed by atoms with Crippen molar-refractivity contribution >= 4 is 22.7 Å². The molecule has 3 rings (SSSR count). The molecule has 3 aromatic rings. The van der Waals surface area contributed by atoms with E-state index in [-0.39, 0.29) is 31.9 Å². The summed E-state index contributed by atoms with van der Waals surface area (Å²) in [5.41, 5.74) is -0.262. The molecule has 144 valence electrons. The maximum Gasteiger partial charge on any atom is 0.331 e. The van der Waals surface area contributed by atoms with Gasteiger partial charge in [-0.2, -0.15) is 0 Å². The number of carbonyl (C=O) groups excluding carboxylic acids is 2. The van der Waals surface area contributed by atoms with Gasteiger partial charge in [-0.1, -0.05) is 42.5 Å². The number of aromatic nitrogens is 2. The molecule has 0 unspecified atom stereocenters. The van der Waals surface area contributed by atoms with Gasteiger partial charge in [0.1, 0.15) is 0 Å². The number of esters is 1. The van der Waals surface area contributed by atoms with Crippen molar-refractivity contribution < 1.29 is 14.3 Å². The molecule has 1 aromatic heterocycles. The SMILES string of the molecule is CCOC(=O)CCn1c(=O)c2ccccc2n(CC(=O)c2ccccc2)c1=O. The molecule has 0 aliphatic rings. The Morgan fingerprint density at radius 2 is 1.61 bits per heavy atom. The van der Waals surface area contributed by atoms with Gasteiger partial charge in [-0.05, 0) is 19.1 Å². The molecule has 0 amide bonds. The van der Waals surface area contributed by atoms with E-state index in [1.165, 1.54) is 4.57 Å². The van der Waals surface area contributed by atoms with Crippen molar-refractivity contribution in [2.75, 3.05) is 6.61 Å². The Morgan fingerprint density at radius 3 is 2.32 bits per heavy atom. The second kappa shape index (κ2) is 8.47. The van der Waals surface area contributed by atoms with Gasteiger partial charge in [0.2, 0.25) is 0 Å². The molecule has 0 aliphatic carbocycles. The summed E-state index contributed by atoms with van der Waals surface area (Å²) in [6.45, 7) is 1.59. The van der Waals surface area contributed by atoms with E-state index < -0.39 is 17.2 Å². The number of rotatable bonds is 7. The lowest BCUT2D eigenvalue weighted by molar-refractivity contribution is -0.143. The first-order valence-corrected chi connectivity index (χ1v) is 8.99. The third kappa shape index (κ3) is 3.93. The van der Waals surface area contributed by atoms with Crippen LogP contribution in [-0.2, 0) is 22.6 Å². The van der Waals surface area contributed by atoms with Gasteiger partial charge in [0.15, 0.2) is 5.78 Å². The number of nitrogens with zero attached hydrogens (tertiary/aromatic N) is 2. The monoisotopic (exact) mass is 380 g/mol. The second-order valence-electron chi connectivity index (χ2n) is 6.19. The Bertz CT molecular complexity index is 1130. The zero-order valence-corrected chi connectivity index (χ0v) is 15.5. The fourth-order valence-electron chi connectivity index (χ4n) is 3.02. The van der Waals surface area contributed by atoms with E-state index in [1.807, 2.05) is 0 Å². The van der Waals surface area contributed by atoms with Gasteiger partial charge in [-0.25, -0.2) is 4.79 Å². The Kier molecular flexibility index (Phi) is 5.84. The molecule has 7 nitrogen and oxygen atoms in total. The molecule has 2 aromatic carbocycles. The van der Waals surface area contributed by atoms with E-state index in [1.54, 1.807) is 61.5 Å². The van der Waals surface area contributed by atoms with Crippen LogP contribution in [0.15, 0.2) is 64.2 Å². The van der Waals surface area contributed by atoms with Crippen LogP contribution in [0.4, 0.5) is 0 Å². The average molecular weight is 380 g/mol. The molecular weight excluding hydrogens is 360 g/mol. The lowest BCUT2D eigenvalue weighted by Gasteiger charge is -2.13. The van der Waals surface area contributed by atoms with Crippen molar-refractivity contribution in [3.8, 4) is 0 Å². The summed E-state index contributed by atoms with van der Waals surface area (Å²) in [7, 11) is 0. The van der Waals surface area contributed by atoms with E-state index in [0.29, 0.717) is 16.5 Å². The number of fused-ring (bicyclic) bond motifs is 1. The number of ether oxygens (including phenoxy) is 1.